The number of piperidine rings is 1. The number of fused-ring (bicyclic) bond motifs is 3. The number of imidazole rings is 1. The predicted molar refractivity (Wildman–Crippen MR) is 397 cm³/mol. The Morgan fingerprint density at radius 3 is 1.36 bits per heavy atom. The van der Waals surface area contributed by atoms with Gasteiger partial charge in [-0.1, -0.05) is 69.8 Å². The second-order valence-electron chi connectivity index (χ2n) is 28.1. The molecule has 0 saturated carbocycles. The van der Waals surface area contributed by atoms with Crippen molar-refractivity contribution in [2.75, 3.05) is 113 Å². The van der Waals surface area contributed by atoms with Crippen LogP contribution in [0.1, 0.15) is 112 Å². The molecule has 3 amide bonds. The van der Waals surface area contributed by atoms with Crippen LogP contribution >= 0.6 is 34.8 Å². The maximum absolute atomic E-state index is 14.5. The molecule has 8 atom stereocenters. The van der Waals surface area contributed by atoms with Gasteiger partial charge in [0.05, 0.1) is 101 Å². The number of aliphatic hydroxyl groups is 2. The molecule has 6 saturated heterocycles. The molecule has 6 aromatic carbocycles. The lowest BCUT2D eigenvalue weighted by Gasteiger charge is -2.43. The Hall–Kier alpha value is -8.42. The van der Waals surface area contributed by atoms with Gasteiger partial charge in [0.15, 0.2) is 0 Å². The monoisotopic (exact) mass is 1540 g/mol. The van der Waals surface area contributed by atoms with Crippen molar-refractivity contribution in [3.8, 4) is 0 Å². The minimum Gasteiger partial charge on any atom is -0.394 e. The van der Waals surface area contributed by atoms with Crippen LogP contribution in [-0.4, -0.2) is 211 Å². The minimum atomic E-state index is -4.57. The van der Waals surface area contributed by atoms with Gasteiger partial charge in [0, 0.05) is 103 Å². The van der Waals surface area contributed by atoms with Crippen LogP contribution in [0.25, 0.3) is 33.1 Å². The first-order chi connectivity index (χ1) is 51.3. The van der Waals surface area contributed by atoms with Gasteiger partial charge in [-0.05, 0) is 181 Å². The van der Waals surface area contributed by atoms with Crippen LogP contribution in [0.4, 0.5) is 47.8 Å². The molecule has 9 aromatic rings. The highest BCUT2D eigenvalue weighted by Crippen LogP contribution is 2.41. The number of aromatic nitrogens is 8. The normalized spacial score (nSPS) is 21.2. The van der Waals surface area contributed by atoms with E-state index in [1.165, 1.54) is 39.7 Å². The number of hydrogen-bond acceptors (Lipinski definition) is 16. The van der Waals surface area contributed by atoms with E-state index in [0.29, 0.717) is 71.9 Å². The zero-order valence-corrected chi connectivity index (χ0v) is 61.6. The van der Waals surface area contributed by atoms with Crippen molar-refractivity contribution in [1.82, 2.24) is 70.2 Å². The Balaban J connectivity index is 0.000000142. The first-order valence-corrected chi connectivity index (χ1v) is 37.4. The van der Waals surface area contributed by atoms with Crippen molar-refractivity contribution in [2.24, 2.45) is 0 Å². The van der Waals surface area contributed by atoms with Crippen molar-refractivity contribution in [3.63, 3.8) is 0 Å². The summed E-state index contributed by atoms with van der Waals surface area (Å²) >= 11 is 17.6. The third-order valence-electron chi connectivity index (χ3n) is 21.5. The van der Waals surface area contributed by atoms with Crippen LogP contribution in [0, 0.1) is 5.82 Å². The van der Waals surface area contributed by atoms with Crippen molar-refractivity contribution in [1.29, 1.82) is 0 Å². The third-order valence-corrected chi connectivity index (χ3v) is 22.2. The molecule has 9 heterocycles. The summed E-state index contributed by atoms with van der Waals surface area (Å²) in [5.74, 6) is -0.0420. The van der Waals surface area contributed by atoms with Crippen LogP contribution in [0.15, 0.2) is 116 Å². The fourth-order valence-electron chi connectivity index (χ4n) is 15.6. The SMILES string of the molecule is CC(c1ccc(Cl)cc1C(F)(F)F)n1nnc2ccc(N3CCN(C(=O)C4CCCCN4)[C@H](CO)C3)cc21.CC(c1ccc(Cl)cc1C(F)(F)F)n1nnc2ccc(N3CCN(C(=O)C4CCCN4)[C@H](CO)C3)cc21.CC(c1ccc(Cl)cc1F)n1cnc2ccc(N3CCN(C(=O)C4CCCN4)CC3)cc21. The number of halogens is 10. The van der Waals surface area contributed by atoms with E-state index in [1.807, 2.05) is 46.7 Å². The molecule has 3 aromatic heterocycles. The summed E-state index contributed by atoms with van der Waals surface area (Å²) in [6, 6.07) is 26.6. The number of carbonyl (C=O) groups excluding carboxylic acids is 3. The van der Waals surface area contributed by atoms with E-state index in [0.717, 1.165) is 131 Å². The number of aliphatic hydroxyl groups excluding tert-OH is 2. The molecular formula is C75H85Cl3F7N17O5. The molecule has 107 heavy (non-hydrogen) atoms. The van der Waals surface area contributed by atoms with Crippen LogP contribution in [0.2, 0.25) is 15.1 Å². The van der Waals surface area contributed by atoms with Crippen molar-refractivity contribution in [2.45, 2.75) is 126 Å². The second kappa shape index (κ2) is 32.8. The van der Waals surface area contributed by atoms with E-state index in [4.69, 9.17) is 34.8 Å². The molecule has 0 bridgehead atoms. The summed E-state index contributed by atoms with van der Waals surface area (Å²) in [5.41, 5.74) is 5.89. The van der Waals surface area contributed by atoms with Gasteiger partial charge in [0.25, 0.3) is 0 Å². The van der Waals surface area contributed by atoms with Gasteiger partial charge in [-0.15, -0.1) is 10.2 Å². The lowest BCUT2D eigenvalue weighted by molar-refractivity contribution is -0.139. The Morgan fingerprint density at radius 1 is 0.486 bits per heavy atom. The highest BCUT2D eigenvalue weighted by molar-refractivity contribution is 6.31. The number of benzene rings is 6. The number of hydrogen-bond donors (Lipinski definition) is 5. The van der Waals surface area contributed by atoms with Gasteiger partial charge in [-0.2, -0.15) is 26.3 Å². The van der Waals surface area contributed by atoms with E-state index in [1.54, 1.807) is 54.2 Å². The number of nitrogens with zero attached hydrogens (tertiary/aromatic N) is 14. The summed E-state index contributed by atoms with van der Waals surface area (Å²) in [6.07, 6.45) is -0.746. The van der Waals surface area contributed by atoms with E-state index in [-0.39, 0.29) is 94.2 Å². The Bertz CT molecular complexity index is 4650. The summed E-state index contributed by atoms with van der Waals surface area (Å²) < 4.78 is 102. The fourth-order valence-corrected chi connectivity index (χ4v) is 16.1. The van der Waals surface area contributed by atoms with Gasteiger partial charge >= 0.3 is 12.4 Å². The topological polar surface area (TPSA) is 226 Å². The number of anilines is 3. The van der Waals surface area contributed by atoms with Crippen LogP contribution < -0.4 is 30.7 Å². The molecule has 6 fully saturated rings. The number of amides is 3. The summed E-state index contributed by atoms with van der Waals surface area (Å²) in [7, 11) is 0. The fraction of sp³-hybridized carbons (Fsp3) is 0.467. The Labute approximate surface area is 628 Å². The number of nitrogens with one attached hydrogen (secondary N) is 3. The molecule has 6 aliphatic heterocycles. The smallest absolute Gasteiger partial charge is 0.394 e. The molecular weight excluding hydrogens is 1460 g/mol. The van der Waals surface area contributed by atoms with Gasteiger partial charge in [-0.25, -0.2) is 18.7 Å². The molecule has 570 valence electrons. The molecule has 0 spiro atoms. The van der Waals surface area contributed by atoms with Gasteiger partial charge in [0.2, 0.25) is 17.7 Å². The molecule has 5 N–H and O–H groups in total. The minimum absolute atomic E-state index is 0.00813. The molecule has 6 unspecified atom stereocenters. The number of alkyl halides is 6. The highest BCUT2D eigenvalue weighted by atomic mass is 35.5. The van der Waals surface area contributed by atoms with E-state index in [2.05, 4.69) is 68.4 Å². The standard InChI is InChI=1S/C26H30ClF3N6O2.C25H28ClF3N6O2.C24H27ClFN5O/c1-16(20-7-5-17(27)12-21(20)26(28,29)30)36-24-13-18(6-8-22(24)32-33-36)34-10-11-35(19(14-34)15-37)25(38)23-4-2-3-9-31-23;1-15(19-6-4-16(26)11-20(19)25(27,28)29)35-23-12-17(5-7-21(23)31-32-35)33-9-10-34(18(13-33)14-36)24(37)22-3-2-8-30-22;1-16(19-6-4-17(25)13-20(19)26)31-15-28-21-7-5-18(14-23(21)31)29-9-11-30(12-10-29)24(32)22-3-2-8-27-22/h5-8,12-13,16,19,23,31,37H,2-4,9-11,14-15H2,1H3;4-7,11-12,15,18,22,30,36H,2-3,8-10,13-14H2,1H3;4-7,13-16,22,27H,2-3,8-12H2,1H3/t16?,19-,23?;15?,18-,22?;/m00./s1. The van der Waals surface area contributed by atoms with E-state index < -0.39 is 35.6 Å². The summed E-state index contributed by atoms with van der Waals surface area (Å²) in [5, 5.41) is 47.0. The zero-order valence-electron chi connectivity index (χ0n) is 59.3. The molecule has 0 aliphatic carbocycles. The third kappa shape index (κ3) is 16.8. The first kappa shape index (κ1) is 76.8. The largest absolute Gasteiger partial charge is 0.416 e. The van der Waals surface area contributed by atoms with Crippen LogP contribution in [-0.2, 0) is 26.7 Å². The predicted octanol–water partition coefficient (Wildman–Crippen LogP) is 11.2. The van der Waals surface area contributed by atoms with Crippen LogP contribution in [0.5, 0.6) is 0 Å². The van der Waals surface area contributed by atoms with Crippen molar-refractivity contribution >= 4 is 103 Å². The molecule has 22 nitrogen and oxygen atoms in total. The average molecular weight is 1540 g/mol. The number of piperazine rings is 3. The highest BCUT2D eigenvalue weighted by Gasteiger charge is 2.40. The molecule has 0 radical (unpaired) electrons. The van der Waals surface area contributed by atoms with Gasteiger partial charge in [-0.3, -0.25) is 14.4 Å². The number of rotatable bonds is 14. The van der Waals surface area contributed by atoms with Crippen molar-refractivity contribution in [3.05, 3.63) is 164 Å². The zero-order chi connectivity index (χ0) is 75.6. The molecule has 6 aliphatic rings. The summed E-state index contributed by atoms with van der Waals surface area (Å²) in [4.78, 5) is 55.2. The van der Waals surface area contributed by atoms with Crippen LogP contribution in [0.3, 0.4) is 0 Å². The average Bonchev–Trinajstić information content (AvgIpc) is 1.69. The maximum atomic E-state index is 14.5. The van der Waals surface area contributed by atoms with Crippen molar-refractivity contribution < 1.29 is 55.3 Å². The van der Waals surface area contributed by atoms with E-state index >= 15 is 0 Å². The lowest BCUT2D eigenvalue weighted by Crippen LogP contribution is -2.60. The quantitative estimate of drug-likeness (QED) is 0.0638. The lowest BCUT2D eigenvalue weighted by atomic mass is 10.0. The van der Waals surface area contributed by atoms with Gasteiger partial charge < -0.3 is 60.1 Å². The first-order valence-electron chi connectivity index (χ1n) is 36.3. The van der Waals surface area contributed by atoms with E-state index in [9.17, 15) is 55.3 Å². The Kier molecular flexibility index (Phi) is 23.5. The maximum Gasteiger partial charge on any atom is 0.416 e. The number of carbonyl (C=O) groups is 3. The Morgan fingerprint density at radius 2 is 0.907 bits per heavy atom. The molecule has 15 rings (SSSR count). The van der Waals surface area contributed by atoms with Gasteiger partial charge in [0.1, 0.15) is 16.9 Å². The summed E-state index contributed by atoms with van der Waals surface area (Å²) in [6.45, 7) is 13.5. The molecule has 32 heteroatoms. The second-order valence-corrected chi connectivity index (χ2v) is 29.4.